The number of fused-ring (bicyclic) bond motifs is 3. The molecular weight excluding hydrogens is 1110 g/mol. The molecule has 1 aliphatic rings. The number of ketones is 1. The van der Waals surface area contributed by atoms with Gasteiger partial charge in [-0.1, -0.05) is 90.1 Å². The number of hydrogen-bond acceptors (Lipinski definition) is 18. The van der Waals surface area contributed by atoms with Crippen LogP contribution in [-0.2, 0) is 70.1 Å². The molecule has 4 atom stereocenters. The van der Waals surface area contributed by atoms with Gasteiger partial charge in [0.1, 0.15) is 43.9 Å². The molecule has 0 bridgehead atoms. The summed E-state index contributed by atoms with van der Waals surface area (Å²) < 4.78 is 27.8. The summed E-state index contributed by atoms with van der Waals surface area (Å²) in [6.45, 7) is 11.0. The van der Waals surface area contributed by atoms with Crippen LogP contribution in [0.3, 0.4) is 0 Å². The first-order valence-corrected chi connectivity index (χ1v) is 25.6. The van der Waals surface area contributed by atoms with Crippen molar-refractivity contribution in [3.05, 3.63) is 59.7 Å². The Morgan fingerprint density at radius 3 is 1.41 bits per heavy atom. The molecule has 5 N–H and O–H groups in total. The van der Waals surface area contributed by atoms with Gasteiger partial charge in [0.15, 0.2) is 0 Å². The molecule has 0 heterocycles. The smallest absolute Gasteiger partial charge is 0.668 e. The molecule has 18 nitrogen and oxygen atoms in total. The molecule has 25 heteroatoms. The van der Waals surface area contributed by atoms with Crippen molar-refractivity contribution in [1.29, 1.82) is 0 Å². The molecule has 2 aromatic carbocycles. The Kier molecular flexibility index (Phi) is 60.7. The number of ether oxygens (including phenoxy) is 5. The predicted molar refractivity (Wildman–Crippen MR) is 272 cm³/mol. The van der Waals surface area contributed by atoms with Crippen molar-refractivity contribution in [2.75, 3.05) is 77.6 Å². The number of Topliss-reactive ketones (excluding diaryl/α,β-unsaturated/α-hetero) is 1. The van der Waals surface area contributed by atoms with Crippen LogP contribution in [0.2, 0.25) is 0 Å². The van der Waals surface area contributed by atoms with E-state index in [1.54, 1.807) is 48.7 Å². The second-order valence-corrected chi connectivity index (χ2v) is 17.3. The molecule has 0 unspecified atom stereocenters. The molecule has 0 spiro atoms. The number of benzene rings is 2. The summed E-state index contributed by atoms with van der Waals surface area (Å²) in [6.07, 6.45) is -0.238. The van der Waals surface area contributed by atoms with Gasteiger partial charge in [0.2, 0.25) is 11.8 Å². The van der Waals surface area contributed by atoms with E-state index in [-0.39, 0.29) is 304 Å². The van der Waals surface area contributed by atoms with Crippen LogP contribution in [0.25, 0.3) is 11.1 Å². The zero-order valence-corrected chi connectivity index (χ0v) is 60.7. The van der Waals surface area contributed by atoms with E-state index in [9.17, 15) is 38.4 Å². The maximum atomic E-state index is 11.7. The van der Waals surface area contributed by atoms with Crippen molar-refractivity contribution in [1.82, 2.24) is 26.0 Å². The minimum absolute atomic E-state index is 0. The topological polar surface area (TPSA) is 243 Å². The summed E-state index contributed by atoms with van der Waals surface area (Å²) in [4.78, 5) is 91.4. The van der Waals surface area contributed by atoms with Crippen molar-refractivity contribution < 1.29 is 268 Å². The number of hydrogen-bond donors (Lipinski definition) is 5. The van der Waals surface area contributed by atoms with Crippen molar-refractivity contribution in [2.24, 2.45) is 5.92 Å². The van der Waals surface area contributed by atoms with Crippen LogP contribution < -0.4 is 232 Å². The Bertz CT molecular complexity index is 1850. The Hall–Kier alpha value is 1.72. The third-order valence-corrected chi connectivity index (χ3v) is 12.1. The van der Waals surface area contributed by atoms with Gasteiger partial charge >= 0.3 is 236 Å². The third-order valence-electron chi connectivity index (χ3n) is 9.39. The first kappa shape index (κ1) is 83.5. The fourth-order valence-corrected chi connectivity index (χ4v) is 7.98. The molecular formula is C48H74K4N5O13S3+3. The Morgan fingerprint density at radius 2 is 1.03 bits per heavy atom. The molecule has 0 fully saturated rings. The minimum Gasteiger partial charge on any atom is -0.668 e. The normalized spacial score (nSPS) is 11.9. The Labute approximate surface area is 617 Å². The van der Waals surface area contributed by atoms with E-state index in [1.165, 1.54) is 45.8 Å². The van der Waals surface area contributed by atoms with Gasteiger partial charge in [0, 0.05) is 74.0 Å². The number of esters is 4. The van der Waals surface area contributed by atoms with Crippen LogP contribution in [0.5, 0.6) is 0 Å². The number of nitrogens with one attached hydrogen (secondary N) is 5. The molecule has 0 radical (unpaired) electrons. The van der Waals surface area contributed by atoms with Gasteiger partial charge in [-0.2, -0.15) is 23.5 Å². The second-order valence-electron chi connectivity index (χ2n) is 15.0. The molecule has 3 amide bonds. The van der Waals surface area contributed by atoms with Crippen LogP contribution in [0.1, 0.15) is 90.7 Å². The van der Waals surface area contributed by atoms with Crippen molar-refractivity contribution in [3.8, 4) is 11.1 Å². The van der Waals surface area contributed by atoms with E-state index in [0.29, 0.717) is 30.4 Å². The number of likely N-dealkylation sites (N-methyl/N-ethyl adjacent to an activating group) is 1. The monoisotopic (exact) mass is 1180 g/mol. The largest absolute Gasteiger partial charge is 1.00 e. The molecule has 3 rings (SSSR count). The minimum atomic E-state index is -0.782. The van der Waals surface area contributed by atoms with Crippen molar-refractivity contribution >= 4 is 83.9 Å². The maximum absolute atomic E-state index is 11.7. The predicted octanol–water partition coefficient (Wildman–Crippen LogP) is -7.11. The number of carbonyl (C=O) groups excluding carboxylic acids is 8. The Morgan fingerprint density at radius 1 is 0.603 bits per heavy atom. The number of thioether (sulfide) groups is 2. The van der Waals surface area contributed by atoms with Gasteiger partial charge in [-0.05, 0) is 43.4 Å². The summed E-state index contributed by atoms with van der Waals surface area (Å²) in [7, 11) is 7.05. The summed E-state index contributed by atoms with van der Waals surface area (Å²) in [5, 5.41) is 10.6. The number of carbonyl (C=O) groups is 8. The van der Waals surface area contributed by atoms with Crippen LogP contribution in [0.15, 0.2) is 48.5 Å². The molecule has 1 aliphatic carbocycles. The third kappa shape index (κ3) is 38.1. The van der Waals surface area contributed by atoms with E-state index < -0.39 is 30.1 Å². The van der Waals surface area contributed by atoms with Crippen LogP contribution in [0, 0.1) is 5.92 Å². The quantitative estimate of drug-likeness (QED) is 0.0255. The SMILES string of the molecule is CCC(=O)N[C@@H](CSC[C@H](COC(=O)CC)OC(=O)CC)C(=O)N[S-].CCC(=O)OC[C@@H](CSC[C@H](C)C(=O)CNC)OC(=O)CC.CNC.CNC(=O)OCC1c2ccccc2-c2ccccc21.[K+].[K+].[K+].[K+]. The number of amides is 3. The van der Waals surface area contributed by atoms with E-state index in [0.717, 1.165) is 0 Å². The fraction of sp³-hybridized carbons (Fsp3) is 0.583. The van der Waals surface area contributed by atoms with Gasteiger partial charge in [-0.3, -0.25) is 33.6 Å². The molecule has 73 heavy (non-hydrogen) atoms. The van der Waals surface area contributed by atoms with Gasteiger partial charge in [-0.25, -0.2) is 4.79 Å². The first-order valence-electron chi connectivity index (χ1n) is 22.9. The molecule has 2 aromatic rings. The van der Waals surface area contributed by atoms with Crippen LogP contribution in [0.4, 0.5) is 4.79 Å². The zero-order chi connectivity index (χ0) is 52.1. The van der Waals surface area contributed by atoms with E-state index in [2.05, 4.69) is 63.1 Å². The average molecular weight is 1180 g/mol. The zero-order valence-electron chi connectivity index (χ0n) is 45.7. The van der Waals surface area contributed by atoms with Crippen LogP contribution >= 0.6 is 23.5 Å². The second kappa shape index (κ2) is 53.1. The standard InChI is InChI=1S/C16H15NO2.C15H25N2O6S2.C15H27NO5S.C2H7N.4K/c1-17-16(18)19-10-15-13-8-4-2-6-11(13)12-7-3-5-9-14(12)15;1-4-12(18)16-11(15(21)17-24)9-25-8-10(23-14(20)6-3)7-22-13(19)5-2;1-5-14(18)20-8-12(21-15(19)6-2)10-22-9-11(3)13(17)7-16-4;1-3-2;;;;/h2-9,15H,10H2,1H3,(H,17,18);10-11H,4-9H2,1-3H3,(H2-,16,17,18,21,24);11-12,16H,5-10H2,1-4H3;3H,1-2H3;;;;/q;-1;;;4*+1/t;10-,11-;11-,12-;;;;;/m.00...../s1. The maximum Gasteiger partial charge on any atom is 1.00 e. The van der Waals surface area contributed by atoms with Crippen molar-refractivity contribution in [2.45, 2.75) is 97.8 Å². The van der Waals surface area contributed by atoms with Gasteiger partial charge in [-0.15, -0.1) is 0 Å². The molecule has 0 aliphatic heterocycles. The van der Waals surface area contributed by atoms with Gasteiger partial charge in [0.25, 0.3) is 0 Å². The molecule has 0 saturated heterocycles. The summed E-state index contributed by atoms with van der Waals surface area (Å²) in [5.41, 5.74) is 4.94. The van der Waals surface area contributed by atoms with E-state index in [4.69, 9.17) is 23.7 Å². The van der Waals surface area contributed by atoms with E-state index in [1.807, 2.05) is 45.3 Å². The van der Waals surface area contributed by atoms with Crippen LogP contribution in [-0.4, -0.2) is 143 Å². The number of rotatable bonds is 26. The molecule has 0 saturated carbocycles. The molecule has 0 aromatic heterocycles. The van der Waals surface area contributed by atoms with Gasteiger partial charge in [0.05, 0.1) is 6.54 Å². The average Bonchev–Trinajstić information content (AvgIpc) is 3.68. The number of alkyl carbamates (subject to hydrolysis) is 1. The Balaban J connectivity index is -0.000000301. The summed E-state index contributed by atoms with van der Waals surface area (Å²) in [6, 6.07) is 15.8. The van der Waals surface area contributed by atoms with Crippen molar-refractivity contribution in [3.63, 3.8) is 0 Å². The summed E-state index contributed by atoms with van der Waals surface area (Å²) in [5.74, 6) is -0.281. The molecule has 388 valence electrons. The fourth-order valence-electron chi connectivity index (χ4n) is 5.70. The summed E-state index contributed by atoms with van der Waals surface area (Å²) >= 11 is 7.32. The first-order chi connectivity index (χ1) is 33.0. The van der Waals surface area contributed by atoms with Gasteiger partial charge < -0.3 is 62.5 Å². The van der Waals surface area contributed by atoms with E-state index >= 15 is 0 Å².